The maximum absolute atomic E-state index is 12.7. The Morgan fingerprint density at radius 2 is 1.67 bits per heavy atom. The Kier molecular flexibility index (Phi) is 13.1. The van der Waals surface area contributed by atoms with Crippen molar-refractivity contribution < 1.29 is 19.1 Å². The van der Waals surface area contributed by atoms with E-state index in [1.165, 1.54) is 29.4 Å². The number of ether oxygens (including phenoxy) is 2. The van der Waals surface area contributed by atoms with Gasteiger partial charge in [-0.15, -0.1) is 0 Å². The van der Waals surface area contributed by atoms with Crippen LogP contribution in [-0.2, 0) is 20.7 Å². The number of esters is 1. The summed E-state index contributed by atoms with van der Waals surface area (Å²) in [6.07, 6.45) is 6.48. The van der Waals surface area contributed by atoms with Gasteiger partial charge in [0.1, 0.15) is 5.75 Å². The maximum atomic E-state index is 12.7. The van der Waals surface area contributed by atoms with E-state index in [2.05, 4.69) is 64.2 Å². The van der Waals surface area contributed by atoms with Crippen LogP contribution in [0.15, 0.2) is 66.2 Å². The summed E-state index contributed by atoms with van der Waals surface area (Å²) >= 11 is 13.2. The number of rotatable bonds is 15. The highest BCUT2D eigenvalue weighted by Gasteiger charge is 2.37. The Labute approximate surface area is 279 Å². The van der Waals surface area contributed by atoms with Crippen LogP contribution < -0.4 is 10.1 Å². The molecule has 0 bridgehead atoms. The van der Waals surface area contributed by atoms with Crippen molar-refractivity contribution in [1.29, 1.82) is 0 Å². The highest BCUT2D eigenvalue weighted by Crippen LogP contribution is 2.52. The molecule has 5 nitrogen and oxygen atoms in total. The van der Waals surface area contributed by atoms with E-state index in [-0.39, 0.29) is 17.8 Å². The Morgan fingerprint density at radius 3 is 2.31 bits per heavy atom. The lowest BCUT2D eigenvalue weighted by atomic mass is 9.68. The van der Waals surface area contributed by atoms with Gasteiger partial charge < -0.3 is 14.8 Å². The third-order valence-corrected chi connectivity index (χ3v) is 8.85. The summed E-state index contributed by atoms with van der Waals surface area (Å²) in [5.41, 5.74) is 6.20. The Balaban J connectivity index is 2.43. The monoisotopic (exact) mass is 651 g/mol. The van der Waals surface area contributed by atoms with E-state index in [9.17, 15) is 9.59 Å². The van der Waals surface area contributed by atoms with E-state index in [4.69, 9.17) is 32.7 Å². The summed E-state index contributed by atoms with van der Waals surface area (Å²) in [7, 11) is 1.35. The van der Waals surface area contributed by atoms with E-state index in [0.717, 1.165) is 30.4 Å². The Hall–Kier alpha value is -3.28. The zero-order chi connectivity index (χ0) is 33.3. The van der Waals surface area contributed by atoms with Crippen molar-refractivity contribution in [3.63, 3.8) is 0 Å². The fourth-order valence-electron chi connectivity index (χ4n) is 6.34. The van der Waals surface area contributed by atoms with Crippen LogP contribution in [0.1, 0.15) is 106 Å². The average molecular weight is 653 g/mol. The van der Waals surface area contributed by atoms with Crippen molar-refractivity contribution >= 4 is 41.3 Å². The van der Waals surface area contributed by atoms with Crippen molar-refractivity contribution in [3.8, 4) is 5.75 Å². The molecule has 0 saturated carbocycles. The van der Waals surface area contributed by atoms with Crippen LogP contribution in [0, 0.1) is 6.92 Å². The first kappa shape index (κ1) is 36.2. The SMILES string of the molecule is CC/C=C(/C)CC(c1cc(Cl)ccc1OC(C)(C)C(=O)OC)C(c1ccc(Cl)cc1NC=O)C(C)c1cc(C)ccc1CCC. The molecule has 3 aromatic carbocycles. The summed E-state index contributed by atoms with van der Waals surface area (Å²) in [5, 5.41) is 4.02. The van der Waals surface area contributed by atoms with Gasteiger partial charge in [0.15, 0.2) is 5.60 Å². The lowest BCUT2D eigenvalue weighted by molar-refractivity contribution is -0.156. The van der Waals surface area contributed by atoms with Gasteiger partial charge in [-0.2, -0.15) is 0 Å². The van der Waals surface area contributed by atoms with Crippen molar-refractivity contribution in [3.05, 3.63) is 104 Å². The molecule has 0 heterocycles. The van der Waals surface area contributed by atoms with Gasteiger partial charge in [-0.25, -0.2) is 4.79 Å². The molecule has 3 unspecified atom stereocenters. The second-order valence-electron chi connectivity index (χ2n) is 12.3. The van der Waals surface area contributed by atoms with Gasteiger partial charge >= 0.3 is 5.97 Å². The number of aryl methyl sites for hydroxylation is 2. The predicted molar refractivity (Wildman–Crippen MR) is 187 cm³/mol. The summed E-state index contributed by atoms with van der Waals surface area (Å²) in [6.45, 7) is 14.2. The lowest BCUT2D eigenvalue weighted by Gasteiger charge is -2.37. The second kappa shape index (κ2) is 16.3. The van der Waals surface area contributed by atoms with Gasteiger partial charge in [-0.1, -0.05) is 91.9 Å². The summed E-state index contributed by atoms with van der Waals surface area (Å²) in [4.78, 5) is 24.6. The van der Waals surface area contributed by atoms with Gasteiger partial charge in [0.2, 0.25) is 6.41 Å². The Bertz CT molecular complexity index is 1510. The van der Waals surface area contributed by atoms with Crippen molar-refractivity contribution in [2.24, 2.45) is 0 Å². The van der Waals surface area contributed by atoms with Gasteiger partial charge in [0, 0.05) is 15.7 Å². The highest BCUT2D eigenvalue weighted by atomic mass is 35.5. The van der Waals surface area contributed by atoms with Crippen LogP contribution >= 0.6 is 23.2 Å². The number of benzene rings is 3. The van der Waals surface area contributed by atoms with Crippen LogP contribution in [-0.4, -0.2) is 25.1 Å². The molecule has 0 aliphatic carbocycles. The molecular weight excluding hydrogens is 605 g/mol. The van der Waals surface area contributed by atoms with E-state index >= 15 is 0 Å². The minimum Gasteiger partial charge on any atom is -0.476 e. The molecule has 3 atom stereocenters. The molecule has 1 amide bonds. The fourth-order valence-corrected chi connectivity index (χ4v) is 6.70. The standard InChI is InChI=1S/C38H47Cl2NO4/c1-9-11-24(3)20-33(32-21-28(39)16-18-35(32)45-38(6,7)37(43)44-8)36(30-17-15-29(40)22-34(30)41-23-42)26(5)31-19-25(4)13-14-27(31)12-10-2/h11,13-19,21-23,26,33,36H,9-10,12,20H2,1-8H3,(H,41,42)/b24-11-. The number of hydrogen-bond donors (Lipinski definition) is 1. The van der Waals surface area contributed by atoms with Crippen molar-refractivity contribution in [1.82, 2.24) is 0 Å². The molecule has 1 N–H and O–H groups in total. The molecule has 0 saturated heterocycles. The molecule has 0 spiro atoms. The number of carbonyl (C=O) groups is 2. The number of hydrogen-bond acceptors (Lipinski definition) is 4. The molecule has 0 fully saturated rings. The van der Waals surface area contributed by atoms with Crippen molar-refractivity contribution in [2.75, 3.05) is 12.4 Å². The molecule has 45 heavy (non-hydrogen) atoms. The molecule has 0 radical (unpaired) electrons. The normalized spacial score (nSPS) is 14.0. The number of allylic oxidation sites excluding steroid dienone is 2. The molecule has 7 heteroatoms. The zero-order valence-electron chi connectivity index (χ0n) is 27.8. The number of methoxy groups -OCH3 is 1. The number of halogens is 2. The van der Waals surface area contributed by atoms with Gasteiger partial charge in [-0.3, -0.25) is 4.79 Å². The molecule has 0 aliphatic heterocycles. The second-order valence-corrected chi connectivity index (χ2v) is 13.2. The minimum atomic E-state index is -1.24. The third-order valence-electron chi connectivity index (χ3n) is 8.38. The summed E-state index contributed by atoms with van der Waals surface area (Å²) in [6, 6.07) is 17.9. The van der Waals surface area contributed by atoms with Gasteiger partial charge in [0.05, 0.1) is 7.11 Å². The zero-order valence-corrected chi connectivity index (χ0v) is 29.3. The smallest absolute Gasteiger partial charge is 0.349 e. The van der Waals surface area contributed by atoms with E-state index in [1.807, 2.05) is 24.3 Å². The molecule has 3 aromatic rings. The van der Waals surface area contributed by atoms with Crippen LogP contribution in [0.25, 0.3) is 0 Å². The first-order chi connectivity index (χ1) is 21.4. The van der Waals surface area contributed by atoms with Crippen LogP contribution in [0.5, 0.6) is 5.75 Å². The molecule has 242 valence electrons. The molecule has 0 aliphatic rings. The minimum absolute atomic E-state index is 0.000275. The fraction of sp³-hybridized carbons (Fsp3) is 0.421. The first-order valence-corrected chi connectivity index (χ1v) is 16.4. The lowest BCUT2D eigenvalue weighted by Crippen LogP contribution is -2.39. The number of amides is 1. The summed E-state index contributed by atoms with van der Waals surface area (Å²) < 4.78 is 11.5. The quantitative estimate of drug-likeness (QED) is 0.101. The van der Waals surface area contributed by atoms with Crippen molar-refractivity contribution in [2.45, 2.75) is 97.5 Å². The molecule has 3 rings (SSSR count). The summed E-state index contributed by atoms with van der Waals surface area (Å²) in [5.74, 6) is -0.262. The van der Waals surface area contributed by atoms with Crippen LogP contribution in [0.4, 0.5) is 5.69 Å². The largest absolute Gasteiger partial charge is 0.476 e. The Morgan fingerprint density at radius 1 is 0.978 bits per heavy atom. The molecule has 0 aromatic heterocycles. The number of carbonyl (C=O) groups excluding carboxylic acids is 2. The average Bonchev–Trinajstić information content (AvgIpc) is 2.99. The maximum Gasteiger partial charge on any atom is 0.349 e. The number of anilines is 1. The topological polar surface area (TPSA) is 64.6 Å². The molecular formula is C38H47Cl2NO4. The van der Waals surface area contributed by atoms with Crippen LogP contribution in [0.3, 0.4) is 0 Å². The van der Waals surface area contributed by atoms with Crippen LogP contribution in [0.2, 0.25) is 10.0 Å². The highest BCUT2D eigenvalue weighted by molar-refractivity contribution is 6.31. The number of nitrogens with one attached hydrogen (secondary N) is 1. The van der Waals surface area contributed by atoms with E-state index < -0.39 is 11.6 Å². The van der Waals surface area contributed by atoms with Gasteiger partial charge in [0.25, 0.3) is 0 Å². The predicted octanol–water partition coefficient (Wildman–Crippen LogP) is 10.6. The third kappa shape index (κ3) is 9.14. The van der Waals surface area contributed by atoms with E-state index in [1.54, 1.807) is 26.0 Å². The first-order valence-electron chi connectivity index (χ1n) is 15.7. The van der Waals surface area contributed by atoms with E-state index in [0.29, 0.717) is 34.3 Å². The van der Waals surface area contributed by atoms with Gasteiger partial charge in [-0.05, 0) is 117 Å².